The fraction of sp³-hybridized carbons (Fsp3) is 0.438. The first kappa shape index (κ1) is 20.6. The summed E-state index contributed by atoms with van der Waals surface area (Å²) in [5.41, 5.74) is -0.0710. The van der Waals surface area contributed by atoms with E-state index in [1.54, 1.807) is 18.7 Å². The maximum atomic E-state index is 12.4. The normalized spacial score (nSPS) is 18.6. The van der Waals surface area contributed by atoms with Crippen molar-refractivity contribution in [2.75, 3.05) is 6.54 Å². The van der Waals surface area contributed by atoms with Crippen molar-refractivity contribution >= 4 is 27.6 Å². The maximum Gasteiger partial charge on any atom is 0.256 e. The highest BCUT2D eigenvalue weighted by atomic mass is 32.2. The zero-order valence-corrected chi connectivity index (χ0v) is 15.1. The molecule has 1 aliphatic rings. The van der Waals surface area contributed by atoms with Gasteiger partial charge < -0.3 is 10.2 Å². The largest absolute Gasteiger partial charge is 0.364 e. The fourth-order valence-electron chi connectivity index (χ4n) is 2.48. The zero-order chi connectivity index (χ0) is 19.4. The minimum Gasteiger partial charge on any atom is -0.364 e. The zero-order valence-electron chi connectivity index (χ0n) is 14.3. The van der Waals surface area contributed by atoms with E-state index in [0.717, 1.165) is 6.08 Å². The predicted octanol–water partition coefficient (Wildman–Crippen LogP) is 0.0598. The Morgan fingerprint density at radius 1 is 1.32 bits per heavy atom. The van der Waals surface area contributed by atoms with Crippen LogP contribution >= 0.6 is 0 Å². The number of Topliss-reactive ketones (excluding diaryl/α,β-unsaturated/α-hetero) is 1. The molecule has 8 nitrogen and oxygen atoms in total. The van der Waals surface area contributed by atoms with Crippen LogP contribution in [0.2, 0.25) is 0 Å². The van der Waals surface area contributed by atoms with Crippen molar-refractivity contribution in [3.63, 3.8) is 0 Å². The maximum absolute atomic E-state index is 12.4. The molecule has 1 fully saturated rings. The average Bonchev–Trinajstić information content (AvgIpc) is 2.91. The Bertz CT molecular complexity index is 711. The van der Waals surface area contributed by atoms with Crippen LogP contribution in [0.5, 0.6) is 0 Å². The molecule has 2 N–H and O–H groups in total. The molecule has 0 saturated carbocycles. The van der Waals surface area contributed by atoms with Crippen LogP contribution in [0.15, 0.2) is 37.6 Å². The van der Waals surface area contributed by atoms with Crippen molar-refractivity contribution in [2.45, 2.75) is 31.7 Å². The average molecular weight is 369 g/mol. The monoisotopic (exact) mass is 369 g/mol. The minimum absolute atomic E-state index is 0.0710. The van der Waals surface area contributed by atoms with Gasteiger partial charge in [0.1, 0.15) is 6.04 Å². The molecule has 2 amide bonds. The van der Waals surface area contributed by atoms with Gasteiger partial charge in [-0.3, -0.25) is 14.4 Å². The van der Waals surface area contributed by atoms with Crippen LogP contribution in [0.3, 0.4) is 0 Å². The molecule has 2 atom stereocenters. The molecule has 2 unspecified atom stereocenters. The van der Waals surface area contributed by atoms with Gasteiger partial charge in [-0.1, -0.05) is 33.6 Å². The summed E-state index contributed by atoms with van der Waals surface area (Å²) < 4.78 is 26.4. The Balaban J connectivity index is 2.98. The third-order valence-electron chi connectivity index (χ3n) is 3.75. The second-order valence-electron chi connectivity index (χ2n) is 5.92. The van der Waals surface area contributed by atoms with Crippen molar-refractivity contribution in [3.8, 4) is 0 Å². The van der Waals surface area contributed by atoms with Gasteiger partial charge in [-0.05, 0) is 18.2 Å². The Morgan fingerprint density at radius 3 is 2.40 bits per heavy atom. The lowest BCUT2D eigenvalue weighted by Gasteiger charge is -2.26. The molecule has 0 aromatic carbocycles. The number of sulfonamides is 1. The van der Waals surface area contributed by atoms with Gasteiger partial charge in [0.25, 0.3) is 15.9 Å². The number of nitrogens with one attached hydrogen (secondary N) is 2. The van der Waals surface area contributed by atoms with E-state index in [1.165, 1.54) is 6.20 Å². The topological polar surface area (TPSA) is 113 Å². The molecule has 1 heterocycles. The van der Waals surface area contributed by atoms with Crippen LogP contribution in [-0.4, -0.2) is 48.9 Å². The number of carbonyl (C=O) groups excluding carboxylic acids is 3. The van der Waals surface area contributed by atoms with Crippen LogP contribution in [-0.2, 0) is 24.4 Å². The quantitative estimate of drug-likeness (QED) is 0.585. The van der Waals surface area contributed by atoms with Crippen LogP contribution in [0.4, 0.5) is 0 Å². The smallest absolute Gasteiger partial charge is 0.256 e. The number of amides is 2. The molecule has 9 heteroatoms. The van der Waals surface area contributed by atoms with E-state index in [-0.39, 0.29) is 17.8 Å². The molecular formula is C16H23N3O5S. The van der Waals surface area contributed by atoms with Gasteiger partial charge in [0.2, 0.25) is 5.91 Å². The van der Waals surface area contributed by atoms with Gasteiger partial charge in [0.15, 0.2) is 11.2 Å². The summed E-state index contributed by atoms with van der Waals surface area (Å²) in [6, 6.07) is -0.865. The third-order valence-corrected chi connectivity index (χ3v) is 5.57. The molecule has 138 valence electrons. The first-order valence-electron chi connectivity index (χ1n) is 7.63. The number of rotatable bonds is 8. The summed E-state index contributed by atoms with van der Waals surface area (Å²) in [5.74, 6) is -2.41. The molecule has 0 bridgehead atoms. The molecular weight excluding hydrogens is 346 g/mol. The summed E-state index contributed by atoms with van der Waals surface area (Å²) in [4.78, 5) is 37.3. The number of hydrogen-bond donors (Lipinski definition) is 2. The highest BCUT2D eigenvalue weighted by molar-refractivity contribution is 7.90. The summed E-state index contributed by atoms with van der Waals surface area (Å²) >= 11 is 0. The van der Waals surface area contributed by atoms with E-state index < -0.39 is 39.2 Å². The van der Waals surface area contributed by atoms with Crippen LogP contribution in [0, 0.1) is 5.92 Å². The van der Waals surface area contributed by atoms with E-state index in [0.29, 0.717) is 6.54 Å². The second-order valence-corrected chi connectivity index (χ2v) is 7.72. The van der Waals surface area contributed by atoms with Crippen molar-refractivity contribution < 1.29 is 22.8 Å². The van der Waals surface area contributed by atoms with E-state index in [2.05, 4.69) is 25.1 Å². The summed E-state index contributed by atoms with van der Waals surface area (Å²) in [6.45, 7) is 14.0. The van der Waals surface area contributed by atoms with Crippen molar-refractivity contribution in [2.24, 2.45) is 5.92 Å². The van der Waals surface area contributed by atoms with Gasteiger partial charge in [-0.25, -0.2) is 13.1 Å². The second kappa shape index (κ2) is 8.11. The molecule has 1 rings (SSSR count). The molecule has 25 heavy (non-hydrogen) atoms. The molecule has 1 aliphatic heterocycles. The van der Waals surface area contributed by atoms with Gasteiger partial charge in [-0.15, -0.1) is 0 Å². The lowest BCUT2D eigenvalue weighted by molar-refractivity contribution is -0.123. The summed E-state index contributed by atoms with van der Waals surface area (Å²) in [6.07, 6.45) is 2.51. The Labute approximate surface area is 147 Å². The van der Waals surface area contributed by atoms with E-state index in [4.69, 9.17) is 0 Å². The third kappa shape index (κ3) is 4.79. The standard InChI is InChI=1S/C16H23N3O5S/c1-6-13(21)18-25(23,24)16(10(3)4)17-15(22)11(5)14-12(20)8-9-19(14)7-2/h6-7,10,14,16H,1-2,5,8-9H2,3-4H3,(H,17,22)(H,18,21). The van der Waals surface area contributed by atoms with Gasteiger partial charge in [0, 0.05) is 18.5 Å². The molecule has 0 aromatic heterocycles. The number of likely N-dealkylation sites (tertiary alicyclic amines) is 1. The number of carbonyl (C=O) groups is 3. The SMILES string of the molecule is C=CC(=O)NS(=O)(=O)C(NC(=O)C(=C)C1C(=O)CCN1C=C)C(C)C. The molecule has 0 aromatic rings. The fourth-order valence-corrected chi connectivity index (χ4v) is 3.94. The predicted molar refractivity (Wildman–Crippen MR) is 93.5 cm³/mol. The van der Waals surface area contributed by atoms with E-state index in [9.17, 15) is 22.8 Å². The number of hydrogen-bond acceptors (Lipinski definition) is 6. The first-order valence-corrected chi connectivity index (χ1v) is 9.18. The number of ketones is 1. The minimum atomic E-state index is -4.18. The summed E-state index contributed by atoms with van der Waals surface area (Å²) in [5, 5.41) is 0.959. The first-order chi connectivity index (χ1) is 11.5. The molecule has 1 saturated heterocycles. The van der Waals surface area contributed by atoms with Crippen LogP contribution < -0.4 is 10.0 Å². The lowest BCUT2D eigenvalue weighted by Crippen LogP contribution is -2.52. The van der Waals surface area contributed by atoms with Gasteiger partial charge in [-0.2, -0.15) is 0 Å². The lowest BCUT2D eigenvalue weighted by atomic mass is 10.0. The number of nitrogens with zero attached hydrogens (tertiary/aromatic N) is 1. The van der Waals surface area contributed by atoms with Crippen LogP contribution in [0.1, 0.15) is 20.3 Å². The highest BCUT2D eigenvalue weighted by Gasteiger charge is 2.38. The highest BCUT2D eigenvalue weighted by Crippen LogP contribution is 2.21. The summed E-state index contributed by atoms with van der Waals surface area (Å²) in [7, 11) is -4.18. The molecule has 0 spiro atoms. The van der Waals surface area contributed by atoms with Gasteiger partial charge in [0.05, 0.1) is 0 Å². The Morgan fingerprint density at radius 2 is 1.92 bits per heavy atom. The van der Waals surface area contributed by atoms with E-state index in [1.807, 2.05) is 4.72 Å². The molecule has 0 radical (unpaired) electrons. The van der Waals surface area contributed by atoms with Crippen LogP contribution in [0.25, 0.3) is 0 Å². The molecule has 0 aliphatic carbocycles. The van der Waals surface area contributed by atoms with Gasteiger partial charge >= 0.3 is 0 Å². The Hall–Kier alpha value is -2.42. The Kier molecular flexibility index (Phi) is 6.69. The van der Waals surface area contributed by atoms with Crippen molar-refractivity contribution in [3.05, 3.63) is 37.6 Å². The van der Waals surface area contributed by atoms with E-state index >= 15 is 0 Å². The van der Waals surface area contributed by atoms with Crippen molar-refractivity contribution in [1.82, 2.24) is 14.9 Å². The van der Waals surface area contributed by atoms with Crippen molar-refractivity contribution in [1.29, 1.82) is 0 Å².